The van der Waals surface area contributed by atoms with E-state index in [2.05, 4.69) is 0 Å². The lowest BCUT2D eigenvalue weighted by Gasteiger charge is -2.07. The number of anilines is 1. The lowest BCUT2D eigenvalue weighted by Crippen LogP contribution is -2.04. The molecule has 1 aromatic rings. The molecule has 0 aliphatic rings. The van der Waals surface area contributed by atoms with Gasteiger partial charge < -0.3 is 10.5 Å². The van der Waals surface area contributed by atoms with Gasteiger partial charge in [0.05, 0.1) is 18.4 Å². The van der Waals surface area contributed by atoms with Crippen LogP contribution in [-0.4, -0.2) is 12.9 Å². The molecule has 0 saturated carbocycles. The van der Waals surface area contributed by atoms with Crippen LogP contribution in [-0.2, 0) is 0 Å². The Kier molecular flexibility index (Phi) is 2.51. The molecule has 0 radical (unpaired) electrons. The van der Waals surface area contributed by atoms with Crippen molar-refractivity contribution in [3.63, 3.8) is 0 Å². The van der Waals surface area contributed by atoms with E-state index in [0.717, 1.165) is 0 Å². The van der Waals surface area contributed by atoms with E-state index >= 15 is 0 Å². The minimum Gasteiger partial charge on any atom is -0.496 e. The Balaban J connectivity index is 3.41. The minimum absolute atomic E-state index is 0.0500. The number of carbonyl (C=O) groups excluding carboxylic acids is 1. The third-order valence-electron chi connectivity index (χ3n) is 1.71. The Labute approximate surface area is 75.3 Å². The van der Waals surface area contributed by atoms with Gasteiger partial charge >= 0.3 is 0 Å². The van der Waals surface area contributed by atoms with Crippen LogP contribution >= 0.6 is 0 Å². The lowest BCUT2D eigenvalue weighted by molar-refractivity contribution is 0.101. The summed E-state index contributed by atoms with van der Waals surface area (Å²) in [7, 11) is 1.37. The van der Waals surface area contributed by atoms with Crippen LogP contribution in [0.4, 0.5) is 10.1 Å². The molecule has 0 aliphatic carbocycles. The van der Waals surface area contributed by atoms with Crippen molar-refractivity contribution in [2.24, 2.45) is 0 Å². The average molecular weight is 183 g/mol. The second-order valence-electron chi connectivity index (χ2n) is 2.60. The second kappa shape index (κ2) is 3.43. The molecule has 13 heavy (non-hydrogen) atoms. The molecule has 2 N–H and O–H groups in total. The second-order valence-corrected chi connectivity index (χ2v) is 2.60. The zero-order valence-corrected chi connectivity index (χ0v) is 7.43. The van der Waals surface area contributed by atoms with E-state index < -0.39 is 11.6 Å². The fourth-order valence-electron chi connectivity index (χ4n) is 1.07. The molecule has 0 bridgehead atoms. The highest BCUT2D eigenvalue weighted by molar-refractivity contribution is 5.98. The van der Waals surface area contributed by atoms with Crippen LogP contribution < -0.4 is 10.5 Å². The van der Waals surface area contributed by atoms with E-state index in [1.807, 2.05) is 0 Å². The van der Waals surface area contributed by atoms with Gasteiger partial charge in [-0.05, 0) is 19.1 Å². The van der Waals surface area contributed by atoms with Crippen LogP contribution in [0.2, 0.25) is 0 Å². The number of nitrogen functional groups attached to an aromatic ring is 1. The number of benzene rings is 1. The standard InChI is InChI=1S/C9H10FNO2/c1-5(12)8-7(13-2)4-3-6(11)9(8)10/h3-4H,11H2,1-2H3. The van der Waals surface area contributed by atoms with Crippen molar-refractivity contribution in [2.45, 2.75) is 6.92 Å². The van der Waals surface area contributed by atoms with Gasteiger partial charge in [0.15, 0.2) is 11.6 Å². The van der Waals surface area contributed by atoms with Gasteiger partial charge in [-0.1, -0.05) is 0 Å². The third kappa shape index (κ3) is 1.61. The topological polar surface area (TPSA) is 52.3 Å². The number of rotatable bonds is 2. The Morgan fingerprint density at radius 3 is 2.62 bits per heavy atom. The van der Waals surface area contributed by atoms with Gasteiger partial charge in [0.1, 0.15) is 5.75 Å². The summed E-state index contributed by atoms with van der Waals surface area (Å²) in [5.41, 5.74) is 5.15. The highest BCUT2D eigenvalue weighted by atomic mass is 19.1. The van der Waals surface area contributed by atoms with Crippen molar-refractivity contribution in [1.82, 2.24) is 0 Å². The molecular formula is C9H10FNO2. The summed E-state index contributed by atoms with van der Waals surface area (Å²) in [5.74, 6) is -0.910. The number of nitrogens with two attached hydrogens (primary N) is 1. The number of Topliss-reactive ketones (excluding diaryl/α,β-unsaturated/α-hetero) is 1. The van der Waals surface area contributed by atoms with E-state index in [0.29, 0.717) is 0 Å². The van der Waals surface area contributed by atoms with Crippen LogP contribution in [0.5, 0.6) is 5.75 Å². The largest absolute Gasteiger partial charge is 0.496 e. The number of halogens is 1. The highest BCUT2D eigenvalue weighted by Gasteiger charge is 2.15. The number of carbonyl (C=O) groups is 1. The van der Waals surface area contributed by atoms with Crippen molar-refractivity contribution in [1.29, 1.82) is 0 Å². The van der Waals surface area contributed by atoms with Crippen LogP contribution in [0.15, 0.2) is 12.1 Å². The van der Waals surface area contributed by atoms with Gasteiger partial charge in [0, 0.05) is 0 Å². The first-order valence-electron chi connectivity index (χ1n) is 3.70. The van der Waals surface area contributed by atoms with Gasteiger partial charge in [0.25, 0.3) is 0 Å². The summed E-state index contributed by atoms with van der Waals surface area (Å²) in [6.07, 6.45) is 0. The first-order chi connectivity index (χ1) is 6.07. The van der Waals surface area contributed by atoms with Crippen molar-refractivity contribution < 1.29 is 13.9 Å². The molecule has 0 amide bonds. The zero-order chi connectivity index (χ0) is 10.0. The molecule has 1 aromatic carbocycles. The normalized spacial score (nSPS) is 9.77. The van der Waals surface area contributed by atoms with Crippen LogP contribution in [0.3, 0.4) is 0 Å². The smallest absolute Gasteiger partial charge is 0.166 e. The maximum Gasteiger partial charge on any atom is 0.166 e. The molecule has 4 heteroatoms. The van der Waals surface area contributed by atoms with Crippen molar-refractivity contribution in [2.75, 3.05) is 12.8 Å². The van der Waals surface area contributed by atoms with Gasteiger partial charge in [-0.15, -0.1) is 0 Å². The Hall–Kier alpha value is -1.58. The van der Waals surface area contributed by atoms with Crippen molar-refractivity contribution in [3.05, 3.63) is 23.5 Å². The Morgan fingerprint density at radius 2 is 2.15 bits per heavy atom. The van der Waals surface area contributed by atoms with Gasteiger partial charge in [-0.25, -0.2) is 4.39 Å². The molecule has 0 fully saturated rings. The fraction of sp³-hybridized carbons (Fsp3) is 0.222. The summed E-state index contributed by atoms with van der Waals surface area (Å²) < 4.78 is 18.1. The molecule has 0 spiro atoms. The van der Waals surface area contributed by atoms with Crippen molar-refractivity contribution >= 4 is 11.5 Å². The van der Waals surface area contributed by atoms with Crippen molar-refractivity contribution in [3.8, 4) is 5.75 Å². The first kappa shape index (κ1) is 9.51. The zero-order valence-electron chi connectivity index (χ0n) is 7.43. The predicted molar refractivity (Wildman–Crippen MR) is 47.4 cm³/mol. The molecular weight excluding hydrogens is 173 g/mol. The van der Waals surface area contributed by atoms with E-state index in [1.54, 1.807) is 0 Å². The minimum atomic E-state index is -0.716. The SMILES string of the molecule is COc1ccc(N)c(F)c1C(C)=O. The number of ether oxygens (including phenoxy) is 1. The molecule has 3 nitrogen and oxygen atoms in total. The maximum absolute atomic E-state index is 13.3. The quantitative estimate of drug-likeness (QED) is 0.560. The number of hydrogen-bond acceptors (Lipinski definition) is 3. The van der Waals surface area contributed by atoms with E-state index in [1.165, 1.54) is 26.2 Å². The average Bonchev–Trinajstić information content (AvgIpc) is 2.08. The predicted octanol–water partition coefficient (Wildman–Crippen LogP) is 1.62. The monoisotopic (exact) mass is 183 g/mol. The van der Waals surface area contributed by atoms with E-state index in [-0.39, 0.29) is 17.0 Å². The van der Waals surface area contributed by atoms with Crippen LogP contribution in [0.25, 0.3) is 0 Å². The van der Waals surface area contributed by atoms with E-state index in [9.17, 15) is 9.18 Å². The van der Waals surface area contributed by atoms with Gasteiger partial charge in [-0.3, -0.25) is 4.79 Å². The molecule has 70 valence electrons. The number of ketones is 1. The van der Waals surface area contributed by atoms with Crippen LogP contribution in [0, 0.1) is 5.82 Å². The Morgan fingerprint density at radius 1 is 1.54 bits per heavy atom. The molecule has 1 rings (SSSR count). The molecule has 0 heterocycles. The Bertz CT molecular complexity index is 350. The van der Waals surface area contributed by atoms with Crippen LogP contribution in [0.1, 0.15) is 17.3 Å². The third-order valence-corrected chi connectivity index (χ3v) is 1.71. The molecule has 0 saturated heterocycles. The first-order valence-corrected chi connectivity index (χ1v) is 3.70. The summed E-state index contributed by atoms with van der Waals surface area (Å²) in [6.45, 7) is 1.26. The summed E-state index contributed by atoms with van der Waals surface area (Å²) in [4.78, 5) is 11.0. The van der Waals surface area contributed by atoms with E-state index in [4.69, 9.17) is 10.5 Å². The molecule has 0 atom stereocenters. The van der Waals surface area contributed by atoms with Gasteiger partial charge in [0.2, 0.25) is 0 Å². The maximum atomic E-state index is 13.3. The summed E-state index contributed by atoms with van der Waals surface area (Å²) in [6, 6.07) is 2.83. The molecule has 0 aromatic heterocycles. The fourth-order valence-corrected chi connectivity index (χ4v) is 1.07. The number of methoxy groups -OCH3 is 1. The van der Waals surface area contributed by atoms with Gasteiger partial charge in [-0.2, -0.15) is 0 Å². The number of hydrogen-bond donors (Lipinski definition) is 1. The summed E-state index contributed by atoms with van der Waals surface area (Å²) in [5, 5.41) is 0. The summed E-state index contributed by atoms with van der Waals surface area (Å²) >= 11 is 0. The molecule has 0 unspecified atom stereocenters. The lowest BCUT2D eigenvalue weighted by atomic mass is 10.1. The highest BCUT2D eigenvalue weighted by Crippen LogP contribution is 2.25. The molecule has 0 aliphatic heterocycles.